The third-order valence-electron chi connectivity index (χ3n) is 6.41. The number of halogens is 1. The number of carbonyl (C=O) groups excluding carboxylic acids is 1. The highest BCUT2D eigenvalue weighted by atomic mass is 19.1. The summed E-state index contributed by atoms with van der Waals surface area (Å²) < 4.78 is 13.6. The first kappa shape index (κ1) is 27.2. The molecule has 3 rings (SSSR count). The van der Waals surface area contributed by atoms with Gasteiger partial charge < -0.3 is 20.9 Å². The van der Waals surface area contributed by atoms with Gasteiger partial charge in [-0.2, -0.15) is 0 Å². The van der Waals surface area contributed by atoms with Crippen molar-refractivity contribution in [2.75, 3.05) is 11.9 Å². The van der Waals surface area contributed by atoms with Gasteiger partial charge in [0.1, 0.15) is 5.82 Å². The SMILES string of the molecule is C/C=C\C(=C/C(C)=N)C(=O)N1CC[C@@H](NCc2nc(Nc3ccc(F)c(C)c3)ncc2CC)C[C@H]1C. The Bertz CT molecular complexity index is 1160. The first-order valence-corrected chi connectivity index (χ1v) is 12.5. The van der Waals surface area contributed by atoms with Crippen molar-refractivity contribution >= 4 is 23.3 Å². The monoisotopic (exact) mass is 492 g/mol. The predicted molar refractivity (Wildman–Crippen MR) is 143 cm³/mol. The Morgan fingerprint density at radius 3 is 2.78 bits per heavy atom. The summed E-state index contributed by atoms with van der Waals surface area (Å²) in [5.74, 6) is 0.212. The van der Waals surface area contributed by atoms with Crippen molar-refractivity contribution in [2.24, 2.45) is 0 Å². The van der Waals surface area contributed by atoms with Gasteiger partial charge in [0.05, 0.1) is 5.69 Å². The summed E-state index contributed by atoms with van der Waals surface area (Å²) in [6.45, 7) is 10.7. The smallest absolute Gasteiger partial charge is 0.254 e. The van der Waals surface area contributed by atoms with E-state index in [0.29, 0.717) is 35.9 Å². The molecule has 2 atom stereocenters. The van der Waals surface area contributed by atoms with Crippen LogP contribution in [0.2, 0.25) is 0 Å². The molecular formula is C28H37FN6O. The van der Waals surface area contributed by atoms with Crippen LogP contribution in [0.1, 0.15) is 57.4 Å². The fourth-order valence-electron chi connectivity index (χ4n) is 4.46. The zero-order chi connectivity index (χ0) is 26.2. The van der Waals surface area contributed by atoms with E-state index in [9.17, 15) is 9.18 Å². The molecule has 1 aromatic heterocycles. The second-order valence-corrected chi connectivity index (χ2v) is 9.34. The molecule has 1 aliphatic rings. The molecule has 36 heavy (non-hydrogen) atoms. The number of aromatic nitrogens is 2. The van der Waals surface area contributed by atoms with E-state index in [1.54, 1.807) is 38.1 Å². The Labute approximate surface area is 213 Å². The second kappa shape index (κ2) is 12.5. The van der Waals surface area contributed by atoms with Crippen LogP contribution in [0.5, 0.6) is 0 Å². The fraction of sp³-hybridized carbons (Fsp3) is 0.429. The summed E-state index contributed by atoms with van der Waals surface area (Å²) in [7, 11) is 0. The Morgan fingerprint density at radius 2 is 2.14 bits per heavy atom. The first-order chi connectivity index (χ1) is 17.2. The van der Waals surface area contributed by atoms with Crippen molar-refractivity contribution in [1.82, 2.24) is 20.2 Å². The van der Waals surface area contributed by atoms with Gasteiger partial charge in [0.2, 0.25) is 5.95 Å². The maximum Gasteiger partial charge on any atom is 0.254 e. The molecule has 2 heterocycles. The van der Waals surface area contributed by atoms with E-state index < -0.39 is 0 Å². The van der Waals surface area contributed by atoms with Crippen LogP contribution in [0.4, 0.5) is 16.0 Å². The Morgan fingerprint density at radius 1 is 1.36 bits per heavy atom. The average Bonchev–Trinajstić information content (AvgIpc) is 2.84. The van der Waals surface area contributed by atoms with E-state index in [4.69, 9.17) is 10.4 Å². The van der Waals surface area contributed by atoms with Crippen molar-refractivity contribution < 1.29 is 9.18 Å². The lowest BCUT2D eigenvalue weighted by molar-refractivity contribution is -0.130. The summed E-state index contributed by atoms with van der Waals surface area (Å²) in [6.07, 6.45) is 9.58. The van der Waals surface area contributed by atoms with Crippen LogP contribution >= 0.6 is 0 Å². The van der Waals surface area contributed by atoms with Gasteiger partial charge in [0.25, 0.3) is 5.91 Å². The third kappa shape index (κ3) is 7.07. The maximum atomic E-state index is 13.6. The lowest BCUT2D eigenvalue weighted by Crippen LogP contribution is -2.50. The minimum Gasteiger partial charge on any atom is -0.336 e. The lowest BCUT2D eigenvalue weighted by Gasteiger charge is -2.38. The van der Waals surface area contributed by atoms with Gasteiger partial charge in [-0.25, -0.2) is 14.4 Å². The van der Waals surface area contributed by atoms with E-state index in [-0.39, 0.29) is 23.8 Å². The second-order valence-electron chi connectivity index (χ2n) is 9.34. The number of nitrogens with zero attached hydrogens (tertiary/aromatic N) is 3. The number of amides is 1. The molecule has 0 unspecified atom stereocenters. The molecule has 3 N–H and O–H groups in total. The predicted octanol–water partition coefficient (Wildman–Crippen LogP) is 5.24. The van der Waals surface area contributed by atoms with Crippen molar-refractivity contribution in [3.05, 3.63) is 70.8 Å². The Balaban J connectivity index is 1.64. The van der Waals surface area contributed by atoms with Gasteiger partial charge in [0.15, 0.2) is 0 Å². The van der Waals surface area contributed by atoms with E-state index in [1.165, 1.54) is 6.07 Å². The molecule has 2 aromatic rings. The van der Waals surface area contributed by atoms with Gasteiger partial charge >= 0.3 is 0 Å². The topological polar surface area (TPSA) is 94.0 Å². The van der Waals surface area contributed by atoms with Crippen LogP contribution in [0.25, 0.3) is 0 Å². The van der Waals surface area contributed by atoms with Crippen LogP contribution in [-0.4, -0.2) is 45.1 Å². The normalized spacial score (nSPS) is 18.5. The van der Waals surface area contributed by atoms with Crippen molar-refractivity contribution in [2.45, 2.75) is 72.5 Å². The highest BCUT2D eigenvalue weighted by Gasteiger charge is 2.29. The molecule has 0 spiro atoms. The van der Waals surface area contributed by atoms with Crippen LogP contribution in [0.15, 0.2) is 48.2 Å². The first-order valence-electron chi connectivity index (χ1n) is 12.5. The number of nitrogens with one attached hydrogen (secondary N) is 3. The Hall–Kier alpha value is -3.39. The van der Waals surface area contributed by atoms with Gasteiger partial charge in [-0.1, -0.05) is 19.1 Å². The standard InChI is InChI=1S/C28H37FN6O/c1-6-8-22(14-19(4)30)27(36)35-12-11-23(15-20(35)5)31-17-26-21(7-2)16-32-28(34-26)33-24-9-10-25(29)18(3)13-24/h6,8-10,13-14,16,20,23,30-31H,7,11-12,15,17H2,1-5H3,(H,32,33,34)/b8-6-,22-14+,30-19?/t20-,23-/m1/s1. The number of aryl methyl sites for hydroxylation is 2. The maximum absolute atomic E-state index is 13.6. The molecule has 1 fully saturated rings. The minimum atomic E-state index is -0.242. The molecule has 1 amide bonds. The zero-order valence-corrected chi connectivity index (χ0v) is 21.9. The summed E-state index contributed by atoms with van der Waals surface area (Å²) in [5.41, 5.74) is 4.22. The van der Waals surface area contributed by atoms with E-state index in [0.717, 1.165) is 36.2 Å². The number of anilines is 2. The molecule has 0 aliphatic carbocycles. The molecule has 0 bridgehead atoms. The van der Waals surface area contributed by atoms with Crippen LogP contribution in [0, 0.1) is 18.2 Å². The molecular weight excluding hydrogens is 455 g/mol. The number of carbonyl (C=O) groups is 1. The molecule has 1 aliphatic heterocycles. The van der Waals surface area contributed by atoms with E-state index in [2.05, 4.69) is 29.5 Å². The van der Waals surface area contributed by atoms with Gasteiger partial charge in [-0.3, -0.25) is 4.79 Å². The number of likely N-dealkylation sites (tertiary alicyclic amines) is 1. The highest BCUT2D eigenvalue weighted by Crippen LogP contribution is 2.22. The van der Waals surface area contributed by atoms with Crippen LogP contribution in [-0.2, 0) is 17.8 Å². The van der Waals surface area contributed by atoms with Crippen LogP contribution in [0.3, 0.4) is 0 Å². The molecule has 1 aromatic carbocycles. The molecule has 192 valence electrons. The van der Waals surface area contributed by atoms with E-state index >= 15 is 0 Å². The quantitative estimate of drug-likeness (QED) is 0.253. The van der Waals surface area contributed by atoms with Gasteiger partial charge in [-0.15, -0.1) is 0 Å². The molecule has 7 nitrogen and oxygen atoms in total. The number of rotatable bonds is 9. The molecule has 8 heteroatoms. The Kier molecular flexibility index (Phi) is 9.47. The number of benzene rings is 1. The molecule has 0 radical (unpaired) electrons. The number of allylic oxidation sites excluding steroid dienone is 2. The number of hydrogen-bond acceptors (Lipinski definition) is 6. The summed E-state index contributed by atoms with van der Waals surface area (Å²) >= 11 is 0. The van der Waals surface area contributed by atoms with Crippen molar-refractivity contribution in [3.63, 3.8) is 0 Å². The molecule has 0 saturated carbocycles. The summed E-state index contributed by atoms with van der Waals surface area (Å²) in [4.78, 5) is 24.1. The minimum absolute atomic E-state index is 0.0264. The van der Waals surface area contributed by atoms with Crippen molar-refractivity contribution in [3.8, 4) is 0 Å². The van der Waals surface area contributed by atoms with Crippen LogP contribution < -0.4 is 10.6 Å². The summed E-state index contributed by atoms with van der Waals surface area (Å²) in [6, 6.07) is 5.19. The average molecular weight is 493 g/mol. The number of piperidine rings is 1. The lowest BCUT2D eigenvalue weighted by atomic mass is 9.96. The molecule has 1 saturated heterocycles. The third-order valence-corrected chi connectivity index (χ3v) is 6.41. The number of hydrogen-bond donors (Lipinski definition) is 3. The summed E-state index contributed by atoms with van der Waals surface area (Å²) in [5, 5.41) is 14.5. The van der Waals surface area contributed by atoms with Crippen molar-refractivity contribution in [1.29, 1.82) is 5.41 Å². The largest absolute Gasteiger partial charge is 0.336 e. The fourth-order valence-corrected chi connectivity index (χ4v) is 4.46. The van der Waals surface area contributed by atoms with Gasteiger partial charge in [0, 0.05) is 48.3 Å². The zero-order valence-electron chi connectivity index (χ0n) is 21.9. The van der Waals surface area contributed by atoms with E-state index in [1.807, 2.05) is 24.1 Å². The highest BCUT2D eigenvalue weighted by molar-refractivity contribution is 6.04. The van der Waals surface area contributed by atoms with Gasteiger partial charge in [-0.05, 0) is 82.4 Å².